The second-order valence-electron chi connectivity index (χ2n) is 6.03. The third-order valence-electron chi connectivity index (χ3n) is 4.57. The topological polar surface area (TPSA) is 32.8 Å². The number of ether oxygens (including phenoxy) is 1. The van der Waals surface area contributed by atoms with Gasteiger partial charge in [-0.05, 0) is 37.1 Å². The number of carbonyl (C=O) groups excluding carboxylic acids is 1. The predicted molar refractivity (Wildman–Crippen MR) is 82.0 cm³/mol. The number of morpholine rings is 1. The average molecular weight is 306 g/mol. The Morgan fingerprint density at radius 3 is 2.59 bits per heavy atom. The lowest BCUT2D eigenvalue weighted by Crippen LogP contribution is -2.47. The van der Waals surface area contributed by atoms with E-state index < -0.39 is 0 Å². The Labute approximate surface area is 130 Å². The zero-order valence-corrected chi connectivity index (χ0v) is 12.8. The first kappa shape index (κ1) is 15.4. The van der Waals surface area contributed by atoms with Gasteiger partial charge in [0.1, 0.15) is 5.82 Å². The summed E-state index contributed by atoms with van der Waals surface area (Å²) in [5, 5.41) is 0. The first-order chi connectivity index (χ1) is 10.7. The van der Waals surface area contributed by atoms with Crippen molar-refractivity contribution >= 4 is 5.91 Å². The van der Waals surface area contributed by atoms with Crippen LogP contribution in [0.5, 0.6) is 0 Å². The number of hydrogen-bond donors (Lipinski definition) is 0. The number of hydrogen-bond acceptors (Lipinski definition) is 3. The molecule has 4 nitrogen and oxygen atoms in total. The van der Waals surface area contributed by atoms with Gasteiger partial charge in [0.2, 0.25) is 5.91 Å². The summed E-state index contributed by atoms with van der Waals surface area (Å²) in [7, 11) is 0. The van der Waals surface area contributed by atoms with Gasteiger partial charge in [-0.1, -0.05) is 18.6 Å². The lowest BCUT2D eigenvalue weighted by atomic mass is 9.95. The van der Waals surface area contributed by atoms with Crippen molar-refractivity contribution in [1.82, 2.24) is 9.80 Å². The van der Waals surface area contributed by atoms with Crippen LogP contribution in [0.1, 0.15) is 30.9 Å². The molecule has 0 N–H and O–H groups in total. The van der Waals surface area contributed by atoms with Gasteiger partial charge in [0.15, 0.2) is 0 Å². The maximum absolute atomic E-state index is 13.1. The molecule has 22 heavy (non-hydrogen) atoms. The molecular formula is C17H23FN2O2. The highest BCUT2D eigenvalue weighted by Crippen LogP contribution is 2.30. The summed E-state index contributed by atoms with van der Waals surface area (Å²) >= 11 is 0. The molecular weight excluding hydrogens is 283 g/mol. The molecule has 0 bridgehead atoms. The van der Waals surface area contributed by atoms with Gasteiger partial charge >= 0.3 is 0 Å². The van der Waals surface area contributed by atoms with E-state index in [-0.39, 0.29) is 17.8 Å². The van der Waals surface area contributed by atoms with Crippen molar-refractivity contribution in [3.05, 3.63) is 35.6 Å². The van der Waals surface area contributed by atoms with E-state index in [9.17, 15) is 9.18 Å². The van der Waals surface area contributed by atoms with E-state index >= 15 is 0 Å². The largest absolute Gasteiger partial charge is 0.378 e. The van der Waals surface area contributed by atoms with Crippen LogP contribution in [0.3, 0.4) is 0 Å². The van der Waals surface area contributed by atoms with Crippen LogP contribution >= 0.6 is 0 Å². The predicted octanol–water partition coefficient (Wildman–Crippen LogP) is 2.21. The Bertz CT molecular complexity index is 500. The van der Waals surface area contributed by atoms with Gasteiger partial charge in [0.25, 0.3) is 0 Å². The molecule has 1 atom stereocenters. The maximum atomic E-state index is 13.1. The second-order valence-corrected chi connectivity index (χ2v) is 6.03. The molecule has 2 heterocycles. The highest BCUT2D eigenvalue weighted by Gasteiger charge is 2.27. The maximum Gasteiger partial charge on any atom is 0.236 e. The van der Waals surface area contributed by atoms with Gasteiger partial charge < -0.3 is 9.64 Å². The first-order valence-corrected chi connectivity index (χ1v) is 8.09. The van der Waals surface area contributed by atoms with Gasteiger partial charge in [-0.25, -0.2) is 4.39 Å². The van der Waals surface area contributed by atoms with Crippen LogP contribution in [0.25, 0.3) is 0 Å². The summed E-state index contributed by atoms with van der Waals surface area (Å²) in [6.45, 7) is 4.02. The minimum Gasteiger partial charge on any atom is -0.378 e. The molecule has 2 aliphatic heterocycles. The quantitative estimate of drug-likeness (QED) is 0.858. The SMILES string of the molecule is O=C(CN1CCCC[C@H]1c1ccc(F)cc1)N1CCOCC1. The van der Waals surface area contributed by atoms with Crippen LogP contribution in [0, 0.1) is 5.82 Å². The molecule has 0 spiro atoms. The molecule has 2 saturated heterocycles. The van der Waals surface area contributed by atoms with E-state index in [4.69, 9.17) is 4.74 Å². The number of nitrogens with zero attached hydrogens (tertiary/aromatic N) is 2. The molecule has 1 amide bonds. The number of benzene rings is 1. The molecule has 120 valence electrons. The smallest absolute Gasteiger partial charge is 0.236 e. The van der Waals surface area contributed by atoms with Crippen LogP contribution in [-0.4, -0.2) is 55.1 Å². The normalized spacial score (nSPS) is 23.5. The Kier molecular flexibility index (Phi) is 5.05. The lowest BCUT2D eigenvalue weighted by Gasteiger charge is -2.37. The summed E-state index contributed by atoms with van der Waals surface area (Å²) in [5.41, 5.74) is 1.11. The summed E-state index contributed by atoms with van der Waals surface area (Å²) in [5.74, 6) is -0.0344. The van der Waals surface area contributed by atoms with Crippen LogP contribution in [-0.2, 0) is 9.53 Å². The number of rotatable bonds is 3. The fourth-order valence-electron chi connectivity index (χ4n) is 3.33. The number of halogens is 1. The van der Waals surface area contributed by atoms with Gasteiger partial charge in [0, 0.05) is 19.1 Å². The van der Waals surface area contributed by atoms with Gasteiger partial charge in [0.05, 0.1) is 19.8 Å². The fourth-order valence-corrected chi connectivity index (χ4v) is 3.33. The average Bonchev–Trinajstić information content (AvgIpc) is 2.57. The first-order valence-electron chi connectivity index (χ1n) is 8.09. The van der Waals surface area contributed by atoms with E-state index in [2.05, 4.69) is 4.90 Å². The van der Waals surface area contributed by atoms with Crippen molar-refractivity contribution in [2.75, 3.05) is 39.4 Å². The molecule has 1 aromatic rings. The number of likely N-dealkylation sites (tertiary alicyclic amines) is 1. The van der Waals surface area contributed by atoms with E-state index in [1.165, 1.54) is 12.1 Å². The molecule has 0 aliphatic carbocycles. The van der Waals surface area contributed by atoms with Crippen molar-refractivity contribution in [2.45, 2.75) is 25.3 Å². The Morgan fingerprint density at radius 2 is 1.86 bits per heavy atom. The van der Waals surface area contributed by atoms with Gasteiger partial charge in [-0.2, -0.15) is 0 Å². The third kappa shape index (κ3) is 3.65. The molecule has 0 saturated carbocycles. The van der Waals surface area contributed by atoms with Crippen molar-refractivity contribution in [3.63, 3.8) is 0 Å². The zero-order valence-electron chi connectivity index (χ0n) is 12.8. The standard InChI is InChI=1S/C17H23FN2O2/c18-15-6-4-14(5-7-15)16-3-1-2-8-20(16)13-17(21)19-9-11-22-12-10-19/h4-7,16H,1-3,8-13H2/t16-/m0/s1. The molecule has 0 radical (unpaired) electrons. The fraction of sp³-hybridized carbons (Fsp3) is 0.588. The molecule has 0 aromatic heterocycles. The van der Waals surface area contributed by atoms with Crippen molar-refractivity contribution in [2.24, 2.45) is 0 Å². The monoisotopic (exact) mass is 306 g/mol. The Morgan fingerprint density at radius 1 is 1.14 bits per heavy atom. The number of piperidine rings is 1. The Hall–Kier alpha value is -1.46. The number of amides is 1. The Balaban J connectivity index is 1.66. The lowest BCUT2D eigenvalue weighted by molar-refractivity contribution is -0.137. The van der Waals surface area contributed by atoms with E-state index in [1.807, 2.05) is 17.0 Å². The van der Waals surface area contributed by atoms with Crippen LogP contribution < -0.4 is 0 Å². The summed E-state index contributed by atoms with van der Waals surface area (Å²) in [6.07, 6.45) is 3.31. The van der Waals surface area contributed by atoms with E-state index in [0.29, 0.717) is 32.8 Å². The van der Waals surface area contributed by atoms with Crippen molar-refractivity contribution < 1.29 is 13.9 Å². The van der Waals surface area contributed by atoms with Crippen LogP contribution in [0.4, 0.5) is 4.39 Å². The van der Waals surface area contributed by atoms with Gasteiger partial charge in [-0.15, -0.1) is 0 Å². The molecule has 1 aromatic carbocycles. The summed E-state index contributed by atoms with van der Waals surface area (Å²) in [4.78, 5) is 16.6. The number of carbonyl (C=O) groups is 1. The van der Waals surface area contributed by atoms with Gasteiger partial charge in [-0.3, -0.25) is 9.69 Å². The zero-order chi connectivity index (χ0) is 15.4. The molecule has 3 rings (SSSR count). The van der Waals surface area contributed by atoms with E-state index in [0.717, 1.165) is 31.4 Å². The van der Waals surface area contributed by atoms with Crippen molar-refractivity contribution in [1.29, 1.82) is 0 Å². The minimum absolute atomic E-state index is 0.178. The van der Waals surface area contributed by atoms with Crippen molar-refractivity contribution in [3.8, 4) is 0 Å². The minimum atomic E-state index is -0.212. The van der Waals surface area contributed by atoms with E-state index in [1.54, 1.807) is 0 Å². The second kappa shape index (κ2) is 7.20. The molecule has 2 aliphatic rings. The molecule has 5 heteroatoms. The third-order valence-corrected chi connectivity index (χ3v) is 4.57. The summed E-state index contributed by atoms with van der Waals surface area (Å²) in [6, 6.07) is 6.92. The highest BCUT2D eigenvalue weighted by molar-refractivity contribution is 5.78. The molecule has 0 unspecified atom stereocenters. The van der Waals surface area contributed by atoms with Crippen LogP contribution in [0.15, 0.2) is 24.3 Å². The highest BCUT2D eigenvalue weighted by atomic mass is 19.1. The molecule has 2 fully saturated rings. The van der Waals surface area contributed by atoms with Crippen LogP contribution in [0.2, 0.25) is 0 Å². The summed E-state index contributed by atoms with van der Waals surface area (Å²) < 4.78 is 18.4.